The molecule has 29 heavy (non-hydrogen) atoms. The number of hydrogen-bond acceptors (Lipinski definition) is 3. The Balaban J connectivity index is 1.63. The molecule has 0 aliphatic carbocycles. The lowest BCUT2D eigenvalue weighted by molar-refractivity contribution is 0.331. The molecule has 0 saturated carbocycles. The van der Waals surface area contributed by atoms with Gasteiger partial charge in [0.05, 0.1) is 17.6 Å². The molecule has 2 heterocycles. The third kappa shape index (κ3) is 4.60. The summed E-state index contributed by atoms with van der Waals surface area (Å²) in [5, 5.41) is 11.6. The largest absolute Gasteiger partial charge is 0.302 e. The first-order valence-electron chi connectivity index (χ1n) is 9.66. The van der Waals surface area contributed by atoms with E-state index in [1.807, 2.05) is 41.5 Å². The number of likely N-dealkylation sites (N-methyl/N-ethyl adjacent to an activating group) is 1. The first-order valence-corrected chi connectivity index (χ1v) is 9.66. The maximum atomic E-state index is 13.9. The smallest absolute Gasteiger partial charge is 0.123 e. The van der Waals surface area contributed by atoms with Crippen LogP contribution >= 0.6 is 0 Å². The van der Waals surface area contributed by atoms with Gasteiger partial charge >= 0.3 is 0 Å². The molecular formula is C23H24FN5. The highest BCUT2D eigenvalue weighted by atomic mass is 19.1. The molecule has 0 aliphatic rings. The van der Waals surface area contributed by atoms with Gasteiger partial charge in [0, 0.05) is 36.6 Å². The molecule has 0 spiro atoms. The summed E-state index contributed by atoms with van der Waals surface area (Å²) in [6.07, 6.45) is 6.72. The van der Waals surface area contributed by atoms with Crippen molar-refractivity contribution in [1.82, 2.24) is 24.9 Å². The van der Waals surface area contributed by atoms with Gasteiger partial charge in [0.1, 0.15) is 5.82 Å². The SMILES string of the molecule is Cc1cccc(-n2cc(CN(C)CCc3cn[nH]c3)c(-c3cccc(F)c3)n2)c1. The van der Waals surface area contributed by atoms with Gasteiger partial charge in [0.2, 0.25) is 0 Å². The van der Waals surface area contributed by atoms with Crippen LogP contribution in [0.2, 0.25) is 0 Å². The Labute approximate surface area is 169 Å². The van der Waals surface area contributed by atoms with Gasteiger partial charge in [-0.25, -0.2) is 9.07 Å². The van der Waals surface area contributed by atoms with Crippen molar-refractivity contribution in [1.29, 1.82) is 0 Å². The van der Waals surface area contributed by atoms with Crippen LogP contribution < -0.4 is 0 Å². The lowest BCUT2D eigenvalue weighted by atomic mass is 10.1. The van der Waals surface area contributed by atoms with Crippen LogP contribution in [0, 0.1) is 12.7 Å². The highest BCUT2D eigenvalue weighted by Crippen LogP contribution is 2.25. The fourth-order valence-electron chi connectivity index (χ4n) is 3.41. The van der Waals surface area contributed by atoms with E-state index in [4.69, 9.17) is 5.10 Å². The standard InChI is InChI=1S/C23H24FN5/c1-17-5-3-8-22(11-17)29-16-20(15-28(2)10-9-18-13-25-26-14-18)23(27-29)19-6-4-7-21(24)12-19/h3-8,11-14,16H,9-10,15H2,1-2H3,(H,25,26). The molecule has 0 atom stereocenters. The molecule has 0 radical (unpaired) electrons. The molecule has 0 unspecified atom stereocenters. The first kappa shape index (κ1) is 19.1. The lowest BCUT2D eigenvalue weighted by Crippen LogP contribution is -2.20. The van der Waals surface area contributed by atoms with Crippen LogP contribution in [0.1, 0.15) is 16.7 Å². The number of aromatic amines is 1. The summed E-state index contributed by atoms with van der Waals surface area (Å²) >= 11 is 0. The van der Waals surface area contributed by atoms with E-state index in [2.05, 4.69) is 41.2 Å². The minimum absolute atomic E-state index is 0.258. The number of aryl methyl sites for hydroxylation is 1. The molecule has 0 aliphatic heterocycles. The number of H-pyrrole nitrogens is 1. The third-order valence-electron chi connectivity index (χ3n) is 4.93. The average Bonchev–Trinajstić information content (AvgIpc) is 3.36. The molecule has 2 aromatic carbocycles. The zero-order valence-electron chi connectivity index (χ0n) is 16.6. The van der Waals surface area contributed by atoms with E-state index in [1.165, 1.54) is 23.3 Å². The predicted octanol–water partition coefficient (Wildman–Crippen LogP) is 4.38. The maximum Gasteiger partial charge on any atom is 0.123 e. The summed E-state index contributed by atoms with van der Waals surface area (Å²) in [4.78, 5) is 2.24. The van der Waals surface area contributed by atoms with Crippen LogP contribution in [0.3, 0.4) is 0 Å². The predicted molar refractivity (Wildman–Crippen MR) is 112 cm³/mol. The Hall–Kier alpha value is -3.25. The van der Waals surface area contributed by atoms with Crippen molar-refractivity contribution in [3.8, 4) is 16.9 Å². The molecule has 0 bridgehead atoms. The topological polar surface area (TPSA) is 49.7 Å². The molecule has 1 N–H and O–H groups in total. The minimum atomic E-state index is -0.258. The number of benzene rings is 2. The van der Waals surface area contributed by atoms with Gasteiger partial charge < -0.3 is 4.90 Å². The summed E-state index contributed by atoms with van der Waals surface area (Å²) in [6, 6.07) is 14.8. The molecule has 4 rings (SSSR count). The Bertz CT molecular complexity index is 1080. The van der Waals surface area contributed by atoms with E-state index in [-0.39, 0.29) is 5.82 Å². The van der Waals surface area contributed by atoms with Gasteiger partial charge in [0.15, 0.2) is 0 Å². The fourth-order valence-corrected chi connectivity index (χ4v) is 3.41. The van der Waals surface area contributed by atoms with Crippen molar-refractivity contribution in [2.75, 3.05) is 13.6 Å². The molecular weight excluding hydrogens is 365 g/mol. The van der Waals surface area contributed by atoms with Gasteiger partial charge in [-0.15, -0.1) is 0 Å². The first-order chi connectivity index (χ1) is 14.1. The van der Waals surface area contributed by atoms with Gasteiger partial charge in [0.25, 0.3) is 0 Å². The maximum absolute atomic E-state index is 13.9. The Morgan fingerprint density at radius 1 is 1.14 bits per heavy atom. The zero-order valence-corrected chi connectivity index (χ0v) is 16.6. The van der Waals surface area contributed by atoms with Crippen LogP contribution in [-0.4, -0.2) is 38.5 Å². The van der Waals surface area contributed by atoms with Crippen LogP contribution in [-0.2, 0) is 13.0 Å². The Morgan fingerprint density at radius 2 is 2.00 bits per heavy atom. The second-order valence-electron chi connectivity index (χ2n) is 7.39. The Morgan fingerprint density at radius 3 is 2.76 bits per heavy atom. The van der Waals surface area contributed by atoms with Crippen molar-refractivity contribution in [2.24, 2.45) is 0 Å². The van der Waals surface area contributed by atoms with E-state index >= 15 is 0 Å². The van der Waals surface area contributed by atoms with Gasteiger partial charge in [-0.05, 0) is 55.8 Å². The van der Waals surface area contributed by atoms with Crippen molar-refractivity contribution in [3.63, 3.8) is 0 Å². The van der Waals surface area contributed by atoms with E-state index in [9.17, 15) is 4.39 Å². The molecule has 6 heteroatoms. The van der Waals surface area contributed by atoms with Crippen LogP contribution in [0.5, 0.6) is 0 Å². The second-order valence-corrected chi connectivity index (χ2v) is 7.39. The second kappa shape index (κ2) is 8.41. The monoisotopic (exact) mass is 389 g/mol. The quantitative estimate of drug-likeness (QED) is 0.510. The van der Waals surface area contributed by atoms with Crippen molar-refractivity contribution < 1.29 is 4.39 Å². The van der Waals surface area contributed by atoms with Gasteiger partial charge in [-0.2, -0.15) is 10.2 Å². The zero-order chi connectivity index (χ0) is 20.2. The lowest BCUT2D eigenvalue weighted by Gasteiger charge is -2.16. The van der Waals surface area contributed by atoms with E-state index in [0.717, 1.165) is 42.0 Å². The van der Waals surface area contributed by atoms with Crippen molar-refractivity contribution >= 4 is 0 Å². The van der Waals surface area contributed by atoms with Crippen molar-refractivity contribution in [3.05, 3.63) is 89.6 Å². The highest BCUT2D eigenvalue weighted by Gasteiger charge is 2.15. The molecule has 0 saturated heterocycles. The number of halogens is 1. The molecule has 0 amide bonds. The normalized spacial score (nSPS) is 11.3. The summed E-state index contributed by atoms with van der Waals surface area (Å²) in [7, 11) is 2.08. The molecule has 2 aromatic heterocycles. The minimum Gasteiger partial charge on any atom is -0.302 e. The fraction of sp³-hybridized carbons (Fsp3) is 0.217. The van der Waals surface area contributed by atoms with Crippen LogP contribution in [0.25, 0.3) is 16.9 Å². The van der Waals surface area contributed by atoms with Crippen LogP contribution in [0.15, 0.2) is 67.1 Å². The van der Waals surface area contributed by atoms with Gasteiger partial charge in [-0.1, -0.05) is 24.3 Å². The van der Waals surface area contributed by atoms with Gasteiger partial charge in [-0.3, -0.25) is 5.10 Å². The molecule has 4 aromatic rings. The van der Waals surface area contributed by atoms with E-state index in [0.29, 0.717) is 0 Å². The summed E-state index contributed by atoms with van der Waals surface area (Å²) in [6.45, 7) is 3.66. The van der Waals surface area contributed by atoms with Crippen molar-refractivity contribution in [2.45, 2.75) is 19.9 Å². The number of aromatic nitrogens is 4. The Kier molecular flexibility index (Phi) is 5.53. The highest BCUT2D eigenvalue weighted by molar-refractivity contribution is 5.63. The van der Waals surface area contributed by atoms with Crippen LogP contribution in [0.4, 0.5) is 4.39 Å². The molecule has 0 fully saturated rings. The molecule has 5 nitrogen and oxygen atoms in total. The van der Waals surface area contributed by atoms with E-state index in [1.54, 1.807) is 6.07 Å². The summed E-state index contributed by atoms with van der Waals surface area (Å²) in [5.41, 5.74) is 6.00. The summed E-state index contributed by atoms with van der Waals surface area (Å²) < 4.78 is 15.7. The molecule has 148 valence electrons. The number of hydrogen-bond donors (Lipinski definition) is 1. The summed E-state index contributed by atoms with van der Waals surface area (Å²) in [5.74, 6) is -0.258. The average molecular weight is 389 g/mol. The van der Waals surface area contributed by atoms with E-state index < -0.39 is 0 Å². The number of rotatable bonds is 7. The number of nitrogens with one attached hydrogen (secondary N) is 1. The third-order valence-corrected chi connectivity index (χ3v) is 4.93. The number of nitrogens with zero attached hydrogens (tertiary/aromatic N) is 4.